The molecule has 16 heavy (non-hydrogen) atoms. The molecule has 2 N–H and O–H groups in total. The third-order valence-corrected chi connectivity index (χ3v) is 2.11. The van der Waals surface area contributed by atoms with Gasteiger partial charge in [0, 0.05) is 24.8 Å². The molecule has 1 heterocycles. The number of aromatic nitrogens is 2. The van der Waals surface area contributed by atoms with Crippen molar-refractivity contribution in [2.45, 2.75) is 20.0 Å². The summed E-state index contributed by atoms with van der Waals surface area (Å²) in [4.78, 5) is 8.13. The van der Waals surface area contributed by atoms with Gasteiger partial charge in [-0.05, 0) is 20.9 Å². The van der Waals surface area contributed by atoms with Gasteiger partial charge in [-0.25, -0.2) is 9.97 Å². The summed E-state index contributed by atoms with van der Waals surface area (Å²) < 4.78 is 5.57. The van der Waals surface area contributed by atoms with Crippen LogP contribution in [0.25, 0.3) is 0 Å². The Balaban J connectivity index is 2.16. The SMILES string of the molecule is CNC[C@H](C)OCCNc1cc(C)ncn1. The Kier molecular flexibility index (Phi) is 5.74. The first kappa shape index (κ1) is 12.9. The lowest BCUT2D eigenvalue weighted by atomic mass is 10.4. The van der Waals surface area contributed by atoms with Crippen molar-refractivity contribution in [1.82, 2.24) is 15.3 Å². The molecule has 1 rings (SSSR count). The predicted octanol–water partition coefficient (Wildman–Crippen LogP) is 0.821. The first-order valence-corrected chi connectivity index (χ1v) is 5.51. The molecular weight excluding hydrogens is 204 g/mol. The minimum absolute atomic E-state index is 0.235. The first-order chi connectivity index (χ1) is 7.72. The molecule has 0 radical (unpaired) electrons. The fraction of sp³-hybridized carbons (Fsp3) is 0.636. The van der Waals surface area contributed by atoms with Crippen molar-refractivity contribution < 1.29 is 4.74 Å². The summed E-state index contributed by atoms with van der Waals surface area (Å²) in [6, 6.07) is 1.91. The molecule has 0 spiro atoms. The highest BCUT2D eigenvalue weighted by Gasteiger charge is 1.99. The van der Waals surface area contributed by atoms with E-state index >= 15 is 0 Å². The van der Waals surface area contributed by atoms with E-state index in [9.17, 15) is 0 Å². The Morgan fingerprint density at radius 2 is 2.25 bits per heavy atom. The highest BCUT2D eigenvalue weighted by molar-refractivity contribution is 5.34. The van der Waals surface area contributed by atoms with E-state index in [0.717, 1.165) is 24.6 Å². The standard InChI is InChI=1S/C11H20N4O/c1-9-6-11(15-8-14-9)13-4-5-16-10(2)7-12-3/h6,8,10,12H,4-5,7H2,1-3H3,(H,13,14,15)/t10-/m0/s1. The van der Waals surface area contributed by atoms with Crippen molar-refractivity contribution in [3.05, 3.63) is 18.1 Å². The second-order valence-electron chi connectivity index (χ2n) is 3.71. The molecule has 0 aromatic carbocycles. The van der Waals surface area contributed by atoms with Gasteiger partial charge in [-0.15, -0.1) is 0 Å². The zero-order valence-corrected chi connectivity index (χ0v) is 10.2. The molecule has 1 atom stereocenters. The third kappa shape index (κ3) is 5.04. The van der Waals surface area contributed by atoms with Crippen LogP contribution in [0.15, 0.2) is 12.4 Å². The lowest BCUT2D eigenvalue weighted by Crippen LogP contribution is -2.25. The maximum absolute atomic E-state index is 5.57. The fourth-order valence-corrected chi connectivity index (χ4v) is 1.34. The van der Waals surface area contributed by atoms with Crippen molar-refractivity contribution in [3.63, 3.8) is 0 Å². The second kappa shape index (κ2) is 7.14. The van der Waals surface area contributed by atoms with E-state index in [4.69, 9.17) is 4.74 Å². The summed E-state index contributed by atoms with van der Waals surface area (Å²) in [7, 11) is 1.92. The summed E-state index contributed by atoms with van der Waals surface area (Å²) >= 11 is 0. The van der Waals surface area contributed by atoms with E-state index in [1.165, 1.54) is 0 Å². The number of hydrogen-bond donors (Lipinski definition) is 2. The number of anilines is 1. The lowest BCUT2D eigenvalue weighted by molar-refractivity contribution is 0.0749. The number of nitrogens with one attached hydrogen (secondary N) is 2. The normalized spacial score (nSPS) is 12.4. The Bertz CT molecular complexity index is 306. The van der Waals surface area contributed by atoms with E-state index in [1.807, 2.05) is 27.0 Å². The molecule has 0 bridgehead atoms. The van der Waals surface area contributed by atoms with Crippen LogP contribution in [-0.2, 0) is 4.74 Å². The number of hydrogen-bond acceptors (Lipinski definition) is 5. The average Bonchev–Trinajstić information content (AvgIpc) is 2.25. The van der Waals surface area contributed by atoms with Gasteiger partial charge < -0.3 is 15.4 Å². The van der Waals surface area contributed by atoms with E-state index in [1.54, 1.807) is 6.33 Å². The van der Waals surface area contributed by atoms with Crippen molar-refractivity contribution in [2.24, 2.45) is 0 Å². The Hall–Kier alpha value is -1.20. The molecule has 0 unspecified atom stereocenters. The van der Waals surface area contributed by atoms with Crippen molar-refractivity contribution in [2.75, 3.05) is 32.1 Å². The van der Waals surface area contributed by atoms with Crippen LogP contribution in [-0.4, -0.2) is 42.8 Å². The molecule has 5 heteroatoms. The summed E-state index contributed by atoms with van der Waals surface area (Å²) in [5.74, 6) is 0.845. The zero-order chi connectivity index (χ0) is 11.8. The number of nitrogens with zero attached hydrogens (tertiary/aromatic N) is 2. The maximum atomic E-state index is 5.57. The van der Waals surface area contributed by atoms with Crippen LogP contribution in [0.2, 0.25) is 0 Å². The van der Waals surface area contributed by atoms with Crippen LogP contribution in [0.5, 0.6) is 0 Å². The van der Waals surface area contributed by atoms with Gasteiger partial charge in [0.25, 0.3) is 0 Å². The molecule has 0 saturated carbocycles. The van der Waals surface area contributed by atoms with E-state index < -0.39 is 0 Å². The van der Waals surface area contributed by atoms with Crippen LogP contribution in [0.1, 0.15) is 12.6 Å². The Morgan fingerprint density at radius 1 is 1.44 bits per heavy atom. The topological polar surface area (TPSA) is 59.1 Å². The molecule has 0 aliphatic rings. The minimum Gasteiger partial charge on any atom is -0.375 e. The van der Waals surface area contributed by atoms with E-state index in [-0.39, 0.29) is 6.10 Å². The molecule has 1 aromatic rings. The summed E-state index contributed by atoms with van der Waals surface area (Å²) in [6.45, 7) is 6.28. The van der Waals surface area contributed by atoms with Gasteiger partial charge in [-0.2, -0.15) is 0 Å². The van der Waals surface area contributed by atoms with Crippen LogP contribution in [0.3, 0.4) is 0 Å². The average molecular weight is 224 g/mol. The molecule has 0 fully saturated rings. The first-order valence-electron chi connectivity index (χ1n) is 5.51. The van der Waals surface area contributed by atoms with Crippen molar-refractivity contribution >= 4 is 5.82 Å². The molecule has 1 aromatic heterocycles. The number of likely N-dealkylation sites (N-methyl/N-ethyl adjacent to an activating group) is 1. The minimum atomic E-state index is 0.235. The smallest absolute Gasteiger partial charge is 0.129 e. The predicted molar refractivity (Wildman–Crippen MR) is 64.6 cm³/mol. The van der Waals surface area contributed by atoms with Gasteiger partial charge in [0.1, 0.15) is 12.1 Å². The maximum Gasteiger partial charge on any atom is 0.129 e. The van der Waals surface area contributed by atoms with Crippen LogP contribution in [0, 0.1) is 6.92 Å². The van der Waals surface area contributed by atoms with E-state index in [2.05, 4.69) is 20.6 Å². The van der Waals surface area contributed by atoms with Gasteiger partial charge in [0.2, 0.25) is 0 Å². The molecular formula is C11H20N4O. The van der Waals surface area contributed by atoms with E-state index in [0.29, 0.717) is 6.61 Å². The molecule has 0 aliphatic carbocycles. The lowest BCUT2D eigenvalue weighted by Gasteiger charge is -2.12. The number of ether oxygens (including phenoxy) is 1. The van der Waals surface area contributed by atoms with Gasteiger partial charge >= 0.3 is 0 Å². The second-order valence-corrected chi connectivity index (χ2v) is 3.71. The van der Waals surface area contributed by atoms with Gasteiger partial charge in [0.05, 0.1) is 12.7 Å². The Labute approximate surface area is 96.6 Å². The van der Waals surface area contributed by atoms with Gasteiger partial charge in [0.15, 0.2) is 0 Å². The highest BCUT2D eigenvalue weighted by atomic mass is 16.5. The number of aryl methyl sites for hydroxylation is 1. The van der Waals surface area contributed by atoms with Crippen molar-refractivity contribution in [3.8, 4) is 0 Å². The molecule has 0 amide bonds. The van der Waals surface area contributed by atoms with Crippen LogP contribution >= 0.6 is 0 Å². The zero-order valence-electron chi connectivity index (χ0n) is 10.2. The molecule has 0 saturated heterocycles. The summed E-state index contributed by atoms with van der Waals surface area (Å²) in [5.41, 5.74) is 0.960. The molecule has 90 valence electrons. The summed E-state index contributed by atoms with van der Waals surface area (Å²) in [6.07, 6.45) is 1.79. The quantitative estimate of drug-likeness (QED) is 0.672. The fourth-order valence-electron chi connectivity index (χ4n) is 1.34. The third-order valence-electron chi connectivity index (χ3n) is 2.11. The van der Waals surface area contributed by atoms with Crippen molar-refractivity contribution in [1.29, 1.82) is 0 Å². The largest absolute Gasteiger partial charge is 0.375 e. The molecule has 5 nitrogen and oxygen atoms in total. The van der Waals surface area contributed by atoms with Gasteiger partial charge in [-0.1, -0.05) is 0 Å². The van der Waals surface area contributed by atoms with Crippen LogP contribution in [0.4, 0.5) is 5.82 Å². The van der Waals surface area contributed by atoms with Crippen LogP contribution < -0.4 is 10.6 Å². The highest BCUT2D eigenvalue weighted by Crippen LogP contribution is 2.01. The Morgan fingerprint density at radius 3 is 2.94 bits per heavy atom. The number of rotatable bonds is 7. The summed E-state index contributed by atoms with van der Waals surface area (Å²) in [5, 5.41) is 6.25. The van der Waals surface area contributed by atoms with Gasteiger partial charge in [-0.3, -0.25) is 0 Å². The monoisotopic (exact) mass is 224 g/mol. The molecule has 0 aliphatic heterocycles.